The summed E-state index contributed by atoms with van der Waals surface area (Å²) in [6.45, 7) is 4.00. The molecule has 8 heteroatoms. The Balaban J connectivity index is 1.72. The van der Waals surface area contributed by atoms with Gasteiger partial charge >= 0.3 is 0 Å². The molecule has 0 unspecified atom stereocenters. The summed E-state index contributed by atoms with van der Waals surface area (Å²) in [4.78, 5) is 25.7. The first kappa shape index (κ1) is 19.6. The minimum absolute atomic E-state index is 0.000229. The average Bonchev–Trinajstić information content (AvgIpc) is 3.16. The topological polar surface area (TPSA) is 80.1 Å². The maximum Gasteiger partial charge on any atom is 0.237 e. The van der Waals surface area contributed by atoms with Crippen molar-refractivity contribution in [1.82, 2.24) is 14.8 Å². The lowest BCUT2D eigenvalue weighted by Gasteiger charge is -2.20. The SMILES string of the molecule is CCN(C(=O)CSc1nncn1-c1cccc(NC(C)=O)c1)c1ccccc1. The molecule has 0 atom stereocenters. The largest absolute Gasteiger partial charge is 0.326 e. The summed E-state index contributed by atoms with van der Waals surface area (Å²) in [5, 5.41) is 11.5. The van der Waals surface area contributed by atoms with Crippen LogP contribution in [0.2, 0.25) is 0 Å². The number of hydrogen-bond donors (Lipinski definition) is 1. The third kappa shape index (κ3) is 4.77. The Labute approximate surface area is 167 Å². The Kier molecular flexibility index (Phi) is 6.44. The number of carbonyl (C=O) groups is 2. The van der Waals surface area contributed by atoms with E-state index in [1.54, 1.807) is 15.8 Å². The Bertz CT molecular complexity index is 958. The fourth-order valence-electron chi connectivity index (χ4n) is 2.75. The van der Waals surface area contributed by atoms with Crippen LogP contribution >= 0.6 is 11.8 Å². The van der Waals surface area contributed by atoms with Crippen LogP contribution in [0.25, 0.3) is 5.69 Å². The van der Waals surface area contributed by atoms with E-state index >= 15 is 0 Å². The molecular formula is C20H21N5O2S. The van der Waals surface area contributed by atoms with Crippen molar-refractivity contribution in [3.63, 3.8) is 0 Å². The van der Waals surface area contributed by atoms with Gasteiger partial charge in [-0.3, -0.25) is 14.2 Å². The third-order valence-corrected chi connectivity index (χ3v) is 4.90. The predicted octanol–water partition coefficient (Wildman–Crippen LogP) is 3.37. The van der Waals surface area contributed by atoms with Crippen molar-refractivity contribution in [2.45, 2.75) is 19.0 Å². The van der Waals surface area contributed by atoms with Gasteiger partial charge in [0.05, 0.1) is 11.4 Å². The van der Waals surface area contributed by atoms with Crippen LogP contribution in [0.4, 0.5) is 11.4 Å². The van der Waals surface area contributed by atoms with E-state index in [4.69, 9.17) is 0 Å². The molecule has 0 radical (unpaired) electrons. The lowest BCUT2D eigenvalue weighted by Crippen LogP contribution is -2.32. The van der Waals surface area contributed by atoms with Gasteiger partial charge in [0.2, 0.25) is 11.8 Å². The number of thioether (sulfide) groups is 1. The van der Waals surface area contributed by atoms with Crippen LogP contribution in [0.5, 0.6) is 0 Å². The van der Waals surface area contributed by atoms with Gasteiger partial charge in [-0.05, 0) is 37.3 Å². The van der Waals surface area contributed by atoms with Crippen LogP contribution in [0.3, 0.4) is 0 Å². The second-order valence-electron chi connectivity index (χ2n) is 5.98. The van der Waals surface area contributed by atoms with E-state index in [9.17, 15) is 9.59 Å². The first-order valence-electron chi connectivity index (χ1n) is 8.84. The smallest absolute Gasteiger partial charge is 0.237 e. The van der Waals surface area contributed by atoms with Crippen molar-refractivity contribution >= 4 is 35.0 Å². The highest BCUT2D eigenvalue weighted by atomic mass is 32.2. The molecule has 144 valence electrons. The molecule has 0 fully saturated rings. The molecule has 0 bridgehead atoms. The molecule has 7 nitrogen and oxygen atoms in total. The van der Waals surface area contributed by atoms with Gasteiger partial charge in [0, 0.05) is 24.8 Å². The highest BCUT2D eigenvalue weighted by molar-refractivity contribution is 7.99. The normalized spacial score (nSPS) is 10.5. The van der Waals surface area contributed by atoms with Crippen molar-refractivity contribution in [2.24, 2.45) is 0 Å². The van der Waals surface area contributed by atoms with Crippen molar-refractivity contribution < 1.29 is 9.59 Å². The maximum absolute atomic E-state index is 12.7. The molecule has 1 N–H and O–H groups in total. The molecule has 3 rings (SSSR count). The van der Waals surface area contributed by atoms with E-state index in [1.165, 1.54) is 18.7 Å². The molecule has 0 aliphatic heterocycles. The zero-order chi connectivity index (χ0) is 19.9. The Morgan fingerprint density at radius 3 is 2.64 bits per heavy atom. The molecule has 0 saturated carbocycles. The van der Waals surface area contributed by atoms with Crippen molar-refractivity contribution in [2.75, 3.05) is 22.5 Å². The van der Waals surface area contributed by atoms with Gasteiger partial charge in [-0.15, -0.1) is 10.2 Å². The second kappa shape index (κ2) is 9.18. The summed E-state index contributed by atoms with van der Waals surface area (Å²) in [7, 11) is 0. The predicted molar refractivity (Wildman–Crippen MR) is 111 cm³/mol. The molecule has 0 aliphatic rings. The number of carbonyl (C=O) groups excluding carboxylic acids is 2. The number of anilines is 2. The molecular weight excluding hydrogens is 374 g/mol. The number of nitrogens with zero attached hydrogens (tertiary/aromatic N) is 4. The number of para-hydroxylation sites is 1. The van der Waals surface area contributed by atoms with Gasteiger partial charge in [-0.1, -0.05) is 36.0 Å². The maximum atomic E-state index is 12.7. The van der Waals surface area contributed by atoms with Crippen LogP contribution in [-0.2, 0) is 9.59 Å². The van der Waals surface area contributed by atoms with Crippen LogP contribution in [0, 0.1) is 0 Å². The second-order valence-corrected chi connectivity index (χ2v) is 6.92. The summed E-state index contributed by atoms with van der Waals surface area (Å²) in [6, 6.07) is 17.0. The Hall–Kier alpha value is -3.13. The van der Waals surface area contributed by atoms with Gasteiger partial charge < -0.3 is 10.2 Å². The Morgan fingerprint density at radius 2 is 1.93 bits per heavy atom. The lowest BCUT2D eigenvalue weighted by atomic mass is 10.2. The van der Waals surface area contributed by atoms with Crippen LogP contribution in [-0.4, -0.2) is 38.9 Å². The molecule has 28 heavy (non-hydrogen) atoms. The van der Waals surface area contributed by atoms with Crippen molar-refractivity contribution in [3.05, 3.63) is 60.9 Å². The van der Waals surface area contributed by atoms with Gasteiger partial charge in [-0.25, -0.2) is 0 Å². The number of rotatable bonds is 7. The number of hydrogen-bond acceptors (Lipinski definition) is 5. The van der Waals surface area contributed by atoms with Crippen LogP contribution in [0.15, 0.2) is 66.1 Å². The van der Waals surface area contributed by atoms with E-state index in [0.717, 1.165) is 11.4 Å². The number of amides is 2. The fraction of sp³-hybridized carbons (Fsp3) is 0.200. The molecule has 1 aromatic heterocycles. The minimum Gasteiger partial charge on any atom is -0.326 e. The molecule has 0 aliphatic carbocycles. The zero-order valence-electron chi connectivity index (χ0n) is 15.7. The lowest BCUT2D eigenvalue weighted by molar-refractivity contribution is -0.116. The van der Waals surface area contributed by atoms with Gasteiger partial charge in [0.25, 0.3) is 0 Å². The monoisotopic (exact) mass is 395 g/mol. The average molecular weight is 395 g/mol. The summed E-state index contributed by atoms with van der Waals surface area (Å²) < 4.78 is 1.79. The molecule has 2 aromatic carbocycles. The zero-order valence-corrected chi connectivity index (χ0v) is 16.5. The molecule has 0 spiro atoms. The third-order valence-electron chi connectivity index (χ3n) is 3.97. The van der Waals surface area contributed by atoms with E-state index in [-0.39, 0.29) is 17.6 Å². The molecule has 1 heterocycles. The van der Waals surface area contributed by atoms with E-state index in [2.05, 4.69) is 15.5 Å². The number of aromatic nitrogens is 3. The van der Waals surface area contributed by atoms with E-state index in [0.29, 0.717) is 17.4 Å². The van der Waals surface area contributed by atoms with E-state index in [1.807, 2.05) is 61.5 Å². The first-order chi connectivity index (χ1) is 13.6. The Morgan fingerprint density at radius 1 is 1.14 bits per heavy atom. The quantitative estimate of drug-likeness (QED) is 0.621. The fourth-order valence-corrected chi connectivity index (χ4v) is 3.56. The van der Waals surface area contributed by atoms with E-state index < -0.39 is 0 Å². The van der Waals surface area contributed by atoms with Crippen LogP contribution < -0.4 is 10.2 Å². The van der Waals surface area contributed by atoms with Gasteiger partial charge in [-0.2, -0.15) is 0 Å². The van der Waals surface area contributed by atoms with Crippen molar-refractivity contribution in [1.29, 1.82) is 0 Å². The molecule has 0 saturated heterocycles. The molecule has 3 aromatic rings. The standard InChI is InChI=1S/C20H21N5O2S/c1-3-24(17-9-5-4-6-10-17)19(27)13-28-20-23-21-14-25(20)18-11-7-8-16(12-18)22-15(2)26/h4-12,14H,3,13H2,1-2H3,(H,22,26). The highest BCUT2D eigenvalue weighted by Crippen LogP contribution is 2.23. The summed E-state index contributed by atoms with van der Waals surface area (Å²) in [6.07, 6.45) is 1.59. The minimum atomic E-state index is -0.137. The van der Waals surface area contributed by atoms with Gasteiger partial charge in [0.15, 0.2) is 5.16 Å². The van der Waals surface area contributed by atoms with Crippen LogP contribution in [0.1, 0.15) is 13.8 Å². The highest BCUT2D eigenvalue weighted by Gasteiger charge is 2.16. The first-order valence-corrected chi connectivity index (χ1v) is 9.83. The molecule has 2 amide bonds. The summed E-state index contributed by atoms with van der Waals surface area (Å²) in [5.74, 6) is 0.106. The van der Waals surface area contributed by atoms with Crippen molar-refractivity contribution in [3.8, 4) is 5.69 Å². The van der Waals surface area contributed by atoms with Gasteiger partial charge in [0.1, 0.15) is 6.33 Å². The summed E-state index contributed by atoms with van der Waals surface area (Å²) in [5.41, 5.74) is 2.37. The number of nitrogens with one attached hydrogen (secondary N) is 1. The number of benzene rings is 2. The summed E-state index contributed by atoms with van der Waals surface area (Å²) >= 11 is 1.33.